The van der Waals surface area contributed by atoms with Crippen LogP contribution in [0.5, 0.6) is 0 Å². The molecule has 0 bridgehead atoms. The number of nitrogens with one attached hydrogen (secondary N) is 2. The molecule has 0 spiro atoms. The number of benzene rings is 2. The van der Waals surface area contributed by atoms with Gasteiger partial charge in [-0.15, -0.1) is 0 Å². The van der Waals surface area contributed by atoms with Gasteiger partial charge < -0.3 is 20.4 Å². The lowest BCUT2D eigenvalue weighted by Crippen LogP contribution is -2.44. The number of piperazine rings is 1. The molecule has 6 heteroatoms. The molecule has 1 fully saturated rings. The second kappa shape index (κ2) is 8.66. The summed E-state index contributed by atoms with van der Waals surface area (Å²) >= 11 is 0. The van der Waals surface area contributed by atoms with Crippen LogP contribution in [0.15, 0.2) is 48.5 Å². The topological polar surface area (TPSA) is 64.7 Å². The Bertz CT molecular complexity index is 851. The van der Waals surface area contributed by atoms with Gasteiger partial charge in [0.2, 0.25) is 11.8 Å². The van der Waals surface area contributed by atoms with Gasteiger partial charge in [0.05, 0.1) is 0 Å². The van der Waals surface area contributed by atoms with E-state index in [2.05, 4.69) is 27.5 Å². The van der Waals surface area contributed by atoms with E-state index in [9.17, 15) is 9.59 Å². The van der Waals surface area contributed by atoms with Gasteiger partial charge in [-0.2, -0.15) is 0 Å². The van der Waals surface area contributed by atoms with Crippen LogP contribution in [-0.4, -0.2) is 49.9 Å². The average Bonchev–Trinajstić information content (AvgIpc) is 2.71. The van der Waals surface area contributed by atoms with Gasteiger partial charge in [0.1, 0.15) is 5.41 Å². The lowest BCUT2D eigenvalue weighted by molar-refractivity contribution is -0.135. The van der Waals surface area contributed by atoms with Crippen LogP contribution in [-0.2, 0) is 9.59 Å². The van der Waals surface area contributed by atoms with E-state index in [4.69, 9.17) is 0 Å². The maximum atomic E-state index is 12.8. The van der Waals surface area contributed by atoms with Gasteiger partial charge in [-0.05, 0) is 64.2 Å². The van der Waals surface area contributed by atoms with Crippen molar-refractivity contribution in [3.05, 3.63) is 54.1 Å². The van der Waals surface area contributed by atoms with Gasteiger partial charge in [-0.1, -0.05) is 17.7 Å². The quantitative estimate of drug-likeness (QED) is 0.764. The van der Waals surface area contributed by atoms with E-state index in [0.717, 1.165) is 37.4 Å². The molecule has 2 aromatic rings. The highest BCUT2D eigenvalue weighted by atomic mass is 16.2. The zero-order valence-electron chi connectivity index (χ0n) is 17.7. The number of likely N-dealkylation sites (N-methyl/N-ethyl adjacent to an activating group) is 1. The van der Waals surface area contributed by atoms with E-state index in [-0.39, 0.29) is 11.8 Å². The first-order valence-corrected chi connectivity index (χ1v) is 9.99. The van der Waals surface area contributed by atoms with Crippen molar-refractivity contribution in [1.82, 2.24) is 4.90 Å². The molecule has 154 valence electrons. The molecule has 0 atom stereocenters. The first-order valence-electron chi connectivity index (χ1n) is 9.99. The second-order valence-electron chi connectivity index (χ2n) is 8.24. The molecule has 3 rings (SSSR count). The number of anilines is 3. The minimum absolute atomic E-state index is 0.338. The minimum atomic E-state index is -1.21. The predicted octanol–water partition coefficient (Wildman–Crippen LogP) is 3.35. The van der Waals surface area contributed by atoms with Gasteiger partial charge in [0.25, 0.3) is 0 Å². The van der Waals surface area contributed by atoms with Crippen LogP contribution in [0.4, 0.5) is 17.1 Å². The van der Waals surface area contributed by atoms with E-state index in [1.807, 2.05) is 55.5 Å². The number of nitrogens with zero attached hydrogens (tertiary/aromatic N) is 2. The maximum absolute atomic E-state index is 12.8. The van der Waals surface area contributed by atoms with Crippen LogP contribution < -0.4 is 15.5 Å². The van der Waals surface area contributed by atoms with Crippen molar-refractivity contribution >= 4 is 28.9 Å². The second-order valence-corrected chi connectivity index (χ2v) is 8.24. The largest absolute Gasteiger partial charge is 0.369 e. The maximum Gasteiger partial charge on any atom is 0.239 e. The van der Waals surface area contributed by atoms with E-state index >= 15 is 0 Å². The van der Waals surface area contributed by atoms with Gasteiger partial charge in [-0.3, -0.25) is 9.59 Å². The lowest BCUT2D eigenvalue weighted by Gasteiger charge is -2.34. The molecule has 1 heterocycles. The Kier molecular flexibility index (Phi) is 6.23. The third-order valence-electron chi connectivity index (χ3n) is 5.44. The molecule has 1 saturated heterocycles. The van der Waals surface area contributed by atoms with Gasteiger partial charge in [0, 0.05) is 43.2 Å². The van der Waals surface area contributed by atoms with Gasteiger partial charge in [0.15, 0.2) is 0 Å². The summed E-state index contributed by atoms with van der Waals surface area (Å²) in [5, 5.41) is 5.69. The SMILES string of the molecule is Cc1ccc(NC(=O)C(C)(C)C(=O)Nc2ccc(N3CCN(C)CC3)cc2)cc1. The molecule has 6 nitrogen and oxygen atoms in total. The fourth-order valence-corrected chi connectivity index (χ4v) is 3.13. The Hall–Kier alpha value is -2.86. The molecule has 0 unspecified atom stereocenters. The highest BCUT2D eigenvalue weighted by Crippen LogP contribution is 2.24. The lowest BCUT2D eigenvalue weighted by atomic mass is 9.90. The molecule has 2 aromatic carbocycles. The predicted molar refractivity (Wildman–Crippen MR) is 118 cm³/mol. The Morgan fingerprint density at radius 2 is 1.24 bits per heavy atom. The number of hydrogen-bond donors (Lipinski definition) is 2. The van der Waals surface area contributed by atoms with Crippen molar-refractivity contribution in [3.8, 4) is 0 Å². The summed E-state index contributed by atoms with van der Waals surface area (Å²) in [7, 11) is 2.13. The third-order valence-corrected chi connectivity index (χ3v) is 5.44. The molecule has 29 heavy (non-hydrogen) atoms. The smallest absolute Gasteiger partial charge is 0.239 e. The van der Waals surface area contributed by atoms with Crippen molar-refractivity contribution in [2.45, 2.75) is 20.8 Å². The minimum Gasteiger partial charge on any atom is -0.369 e. The summed E-state index contributed by atoms with van der Waals surface area (Å²) in [5.74, 6) is -0.678. The Labute approximate surface area is 172 Å². The average molecular weight is 395 g/mol. The van der Waals surface area contributed by atoms with Gasteiger partial charge in [-0.25, -0.2) is 0 Å². The number of amides is 2. The summed E-state index contributed by atoms with van der Waals surface area (Å²) in [5.41, 5.74) is 2.41. The Morgan fingerprint density at radius 1 is 0.793 bits per heavy atom. The molecule has 1 aliphatic heterocycles. The van der Waals surface area contributed by atoms with Crippen molar-refractivity contribution in [2.24, 2.45) is 5.41 Å². The van der Waals surface area contributed by atoms with Gasteiger partial charge >= 0.3 is 0 Å². The fourth-order valence-electron chi connectivity index (χ4n) is 3.13. The van der Waals surface area contributed by atoms with Crippen molar-refractivity contribution in [3.63, 3.8) is 0 Å². The zero-order chi connectivity index (χ0) is 21.0. The van der Waals surface area contributed by atoms with E-state index in [1.54, 1.807) is 13.8 Å². The number of aryl methyl sites for hydroxylation is 1. The van der Waals surface area contributed by atoms with E-state index in [1.165, 1.54) is 0 Å². The summed E-state index contributed by atoms with van der Waals surface area (Å²) in [6.07, 6.45) is 0. The summed E-state index contributed by atoms with van der Waals surface area (Å²) in [6, 6.07) is 15.3. The summed E-state index contributed by atoms with van der Waals surface area (Å²) in [4.78, 5) is 30.1. The number of rotatable bonds is 5. The zero-order valence-corrected chi connectivity index (χ0v) is 17.7. The Balaban J connectivity index is 1.60. The van der Waals surface area contributed by atoms with Crippen LogP contribution in [0, 0.1) is 12.3 Å². The van der Waals surface area contributed by atoms with Crippen molar-refractivity contribution in [2.75, 3.05) is 48.8 Å². The third kappa shape index (κ3) is 5.15. The molecule has 0 radical (unpaired) electrons. The standard InChI is InChI=1S/C23H30N4O2/c1-17-5-7-18(8-6-17)24-21(28)23(2,3)22(29)25-19-9-11-20(12-10-19)27-15-13-26(4)14-16-27/h5-12H,13-16H2,1-4H3,(H,24,28)(H,25,29). The first-order chi connectivity index (χ1) is 13.8. The number of carbonyl (C=O) groups excluding carboxylic acids is 2. The molecular weight excluding hydrogens is 364 g/mol. The molecule has 2 amide bonds. The monoisotopic (exact) mass is 394 g/mol. The van der Waals surface area contributed by atoms with Crippen LogP contribution in [0.3, 0.4) is 0 Å². The summed E-state index contributed by atoms with van der Waals surface area (Å²) in [6.45, 7) is 9.32. The van der Waals surface area contributed by atoms with E-state index < -0.39 is 5.41 Å². The molecule has 0 saturated carbocycles. The molecule has 2 N–H and O–H groups in total. The molecular formula is C23H30N4O2. The highest BCUT2D eigenvalue weighted by Gasteiger charge is 2.36. The van der Waals surface area contributed by atoms with Crippen molar-refractivity contribution in [1.29, 1.82) is 0 Å². The van der Waals surface area contributed by atoms with Crippen LogP contribution >= 0.6 is 0 Å². The number of carbonyl (C=O) groups is 2. The first kappa shape index (κ1) is 20.9. The molecule has 0 aromatic heterocycles. The van der Waals surface area contributed by atoms with E-state index in [0.29, 0.717) is 11.4 Å². The molecule has 0 aliphatic carbocycles. The normalized spacial score (nSPS) is 15.1. The highest BCUT2D eigenvalue weighted by molar-refractivity contribution is 6.14. The van der Waals surface area contributed by atoms with Crippen LogP contribution in [0.25, 0.3) is 0 Å². The molecule has 1 aliphatic rings. The van der Waals surface area contributed by atoms with Crippen LogP contribution in [0.2, 0.25) is 0 Å². The summed E-state index contributed by atoms with van der Waals surface area (Å²) < 4.78 is 0. The van der Waals surface area contributed by atoms with Crippen molar-refractivity contribution < 1.29 is 9.59 Å². The van der Waals surface area contributed by atoms with Crippen LogP contribution in [0.1, 0.15) is 19.4 Å². The Morgan fingerprint density at radius 3 is 1.72 bits per heavy atom. The fraction of sp³-hybridized carbons (Fsp3) is 0.391. The number of hydrogen-bond acceptors (Lipinski definition) is 4.